The van der Waals surface area contributed by atoms with Crippen LogP contribution in [-0.2, 0) is 0 Å². The van der Waals surface area contributed by atoms with Crippen LogP contribution in [-0.4, -0.2) is 11.1 Å². The van der Waals surface area contributed by atoms with E-state index in [1.165, 1.54) is 6.07 Å². The first-order valence-corrected chi connectivity index (χ1v) is 6.19. The van der Waals surface area contributed by atoms with Crippen LogP contribution in [0.1, 0.15) is 21.5 Å². The smallest absolute Gasteiger partial charge is 0.337 e. The second-order valence-electron chi connectivity index (χ2n) is 4.29. The minimum Gasteiger partial charge on any atom is -0.478 e. The molecule has 0 aliphatic carbocycles. The molecule has 2 aromatic rings. The van der Waals surface area contributed by atoms with Gasteiger partial charge in [0.05, 0.1) is 33.6 Å². The molecular formula is C15H11ClN2O2. The van der Waals surface area contributed by atoms with E-state index in [2.05, 4.69) is 5.32 Å². The lowest BCUT2D eigenvalue weighted by atomic mass is 10.1. The molecule has 2 N–H and O–H groups in total. The first kappa shape index (κ1) is 13.9. The van der Waals surface area contributed by atoms with Gasteiger partial charge in [-0.1, -0.05) is 23.2 Å². The number of nitrogens with zero attached hydrogens (tertiary/aromatic N) is 1. The molecule has 0 unspecified atom stereocenters. The summed E-state index contributed by atoms with van der Waals surface area (Å²) in [6.45, 7) is 1.82. The van der Waals surface area contributed by atoms with E-state index in [-0.39, 0.29) is 5.56 Å². The van der Waals surface area contributed by atoms with Crippen LogP contribution in [0.3, 0.4) is 0 Å². The van der Waals surface area contributed by atoms with Crippen molar-refractivity contribution in [2.45, 2.75) is 6.92 Å². The number of carboxylic acids is 1. The molecule has 4 nitrogen and oxygen atoms in total. The Labute approximate surface area is 121 Å². The molecule has 100 valence electrons. The fraction of sp³-hybridized carbons (Fsp3) is 0.0667. The Balaban J connectivity index is 2.40. The number of nitrogens with one attached hydrogen (secondary N) is 1. The summed E-state index contributed by atoms with van der Waals surface area (Å²) < 4.78 is 0. The SMILES string of the molecule is Cc1ccc(Nc2ccc(C#N)cc2Cl)c(C(=O)O)c1. The number of rotatable bonds is 3. The lowest BCUT2D eigenvalue weighted by molar-refractivity contribution is 0.0698. The number of hydrogen-bond donors (Lipinski definition) is 2. The zero-order chi connectivity index (χ0) is 14.7. The molecule has 5 heteroatoms. The Morgan fingerprint density at radius 3 is 2.55 bits per heavy atom. The highest BCUT2D eigenvalue weighted by Crippen LogP contribution is 2.28. The van der Waals surface area contributed by atoms with Crippen molar-refractivity contribution in [3.8, 4) is 6.07 Å². The zero-order valence-corrected chi connectivity index (χ0v) is 11.4. The maximum absolute atomic E-state index is 11.2. The monoisotopic (exact) mass is 286 g/mol. The average molecular weight is 287 g/mol. The van der Waals surface area contributed by atoms with Crippen LogP contribution in [0.4, 0.5) is 11.4 Å². The van der Waals surface area contributed by atoms with Gasteiger partial charge < -0.3 is 10.4 Å². The lowest BCUT2D eigenvalue weighted by Crippen LogP contribution is -2.03. The maximum Gasteiger partial charge on any atom is 0.337 e. The Morgan fingerprint density at radius 2 is 1.95 bits per heavy atom. The predicted molar refractivity (Wildman–Crippen MR) is 77.6 cm³/mol. The highest BCUT2D eigenvalue weighted by atomic mass is 35.5. The van der Waals surface area contributed by atoms with Crippen molar-refractivity contribution in [2.24, 2.45) is 0 Å². The highest BCUT2D eigenvalue weighted by Gasteiger charge is 2.11. The van der Waals surface area contributed by atoms with Gasteiger partial charge in [-0.3, -0.25) is 0 Å². The van der Waals surface area contributed by atoms with Crippen LogP contribution in [0.15, 0.2) is 36.4 Å². The summed E-state index contributed by atoms with van der Waals surface area (Å²) in [5.74, 6) is -1.01. The molecule has 0 atom stereocenters. The van der Waals surface area contributed by atoms with Crippen molar-refractivity contribution >= 4 is 28.9 Å². The Bertz CT molecular complexity index is 720. The van der Waals surface area contributed by atoms with Crippen molar-refractivity contribution in [1.29, 1.82) is 5.26 Å². The number of carbonyl (C=O) groups is 1. The van der Waals surface area contributed by atoms with Gasteiger partial charge in [-0.05, 0) is 37.3 Å². The van der Waals surface area contributed by atoms with E-state index >= 15 is 0 Å². The summed E-state index contributed by atoms with van der Waals surface area (Å²) in [5, 5.41) is 21.3. The minimum absolute atomic E-state index is 0.172. The molecule has 2 rings (SSSR count). The number of aryl methyl sites for hydroxylation is 1. The predicted octanol–water partition coefficient (Wildman–Crippen LogP) is 3.96. The van der Waals surface area contributed by atoms with E-state index in [9.17, 15) is 9.90 Å². The molecule has 0 radical (unpaired) electrons. The van der Waals surface area contributed by atoms with E-state index in [4.69, 9.17) is 16.9 Å². The van der Waals surface area contributed by atoms with Crippen LogP contribution < -0.4 is 5.32 Å². The molecular weight excluding hydrogens is 276 g/mol. The van der Waals surface area contributed by atoms with Crippen molar-refractivity contribution in [2.75, 3.05) is 5.32 Å². The van der Waals surface area contributed by atoms with Crippen LogP contribution in [0.5, 0.6) is 0 Å². The van der Waals surface area contributed by atoms with Crippen molar-refractivity contribution < 1.29 is 9.90 Å². The highest BCUT2D eigenvalue weighted by molar-refractivity contribution is 6.33. The van der Waals surface area contributed by atoms with E-state index in [0.29, 0.717) is 22.0 Å². The fourth-order valence-corrected chi connectivity index (χ4v) is 2.00. The second-order valence-corrected chi connectivity index (χ2v) is 4.69. The van der Waals surface area contributed by atoms with E-state index in [1.807, 2.05) is 19.1 Å². The molecule has 0 saturated heterocycles. The summed E-state index contributed by atoms with van der Waals surface area (Å²) in [6, 6.07) is 11.9. The third kappa shape index (κ3) is 2.90. The molecule has 0 saturated carbocycles. The van der Waals surface area contributed by atoms with Crippen molar-refractivity contribution in [3.05, 3.63) is 58.1 Å². The average Bonchev–Trinajstić information content (AvgIpc) is 2.42. The first-order chi connectivity index (χ1) is 9.51. The second kappa shape index (κ2) is 5.64. The Kier molecular flexibility index (Phi) is 3.92. The molecule has 0 spiro atoms. The quantitative estimate of drug-likeness (QED) is 0.895. The van der Waals surface area contributed by atoms with Gasteiger partial charge in [0.15, 0.2) is 0 Å². The minimum atomic E-state index is -1.01. The van der Waals surface area contributed by atoms with Gasteiger partial charge in [0.1, 0.15) is 0 Å². The molecule has 0 aliphatic rings. The summed E-state index contributed by atoms with van der Waals surface area (Å²) in [6.07, 6.45) is 0. The maximum atomic E-state index is 11.2. The van der Waals surface area contributed by atoms with Crippen LogP contribution in [0.25, 0.3) is 0 Å². The van der Waals surface area contributed by atoms with Gasteiger partial charge in [0.25, 0.3) is 0 Å². The number of benzene rings is 2. The summed E-state index contributed by atoms with van der Waals surface area (Å²) in [4.78, 5) is 11.2. The van der Waals surface area contributed by atoms with Crippen LogP contribution in [0, 0.1) is 18.3 Å². The largest absolute Gasteiger partial charge is 0.478 e. The third-order valence-corrected chi connectivity index (χ3v) is 3.09. The molecule has 0 aromatic heterocycles. The number of anilines is 2. The topological polar surface area (TPSA) is 73.1 Å². The zero-order valence-electron chi connectivity index (χ0n) is 10.6. The molecule has 0 amide bonds. The summed E-state index contributed by atoms with van der Waals surface area (Å²) >= 11 is 6.06. The van der Waals surface area contributed by atoms with Gasteiger partial charge in [0, 0.05) is 0 Å². The third-order valence-electron chi connectivity index (χ3n) is 2.77. The Hall–Kier alpha value is -2.51. The van der Waals surface area contributed by atoms with E-state index in [0.717, 1.165) is 5.56 Å². The van der Waals surface area contributed by atoms with E-state index in [1.54, 1.807) is 24.3 Å². The summed E-state index contributed by atoms with van der Waals surface area (Å²) in [7, 11) is 0. The molecule has 0 aliphatic heterocycles. The van der Waals surface area contributed by atoms with Gasteiger partial charge >= 0.3 is 5.97 Å². The molecule has 0 fully saturated rings. The van der Waals surface area contributed by atoms with Gasteiger partial charge in [-0.2, -0.15) is 5.26 Å². The van der Waals surface area contributed by atoms with Crippen molar-refractivity contribution in [3.63, 3.8) is 0 Å². The number of carboxylic acid groups (broad SMARTS) is 1. The van der Waals surface area contributed by atoms with Gasteiger partial charge in [0.2, 0.25) is 0 Å². The number of hydrogen-bond acceptors (Lipinski definition) is 3. The number of halogens is 1. The van der Waals surface area contributed by atoms with Gasteiger partial charge in [-0.15, -0.1) is 0 Å². The fourth-order valence-electron chi connectivity index (χ4n) is 1.78. The normalized spacial score (nSPS) is 9.85. The molecule has 2 aromatic carbocycles. The van der Waals surface area contributed by atoms with E-state index < -0.39 is 5.97 Å². The number of aromatic carboxylic acids is 1. The van der Waals surface area contributed by atoms with Gasteiger partial charge in [-0.25, -0.2) is 4.79 Å². The summed E-state index contributed by atoms with van der Waals surface area (Å²) in [5.41, 5.74) is 2.49. The standard InChI is InChI=1S/C15H11ClN2O2/c1-9-2-4-13(11(6-9)15(19)20)18-14-5-3-10(8-17)7-12(14)16/h2-7,18H,1H3,(H,19,20). The van der Waals surface area contributed by atoms with Crippen LogP contribution in [0.2, 0.25) is 5.02 Å². The Morgan fingerprint density at radius 1 is 1.25 bits per heavy atom. The molecule has 0 bridgehead atoms. The lowest BCUT2D eigenvalue weighted by Gasteiger charge is -2.12. The van der Waals surface area contributed by atoms with Crippen LogP contribution >= 0.6 is 11.6 Å². The first-order valence-electron chi connectivity index (χ1n) is 5.82. The van der Waals surface area contributed by atoms with Crippen molar-refractivity contribution in [1.82, 2.24) is 0 Å². The number of nitriles is 1. The molecule has 0 heterocycles. The molecule has 20 heavy (non-hydrogen) atoms.